The number of nitrogens with zero attached hydrogens (tertiary/aromatic N) is 1. The number of anilines is 1. The molecular formula is C11H11N3O3. The molecule has 6 nitrogen and oxygen atoms in total. The Bertz CT molecular complexity index is 563. The van der Waals surface area contributed by atoms with Crippen molar-refractivity contribution in [3.63, 3.8) is 0 Å². The first-order valence-corrected chi connectivity index (χ1v) is 4.83. The summed E-state index contributed by atoms with van der Waals surface area (Å²) < 4.78 is 9.95. The van der Waals surface area contributed by atoms with Gasteiger partial charge in [-0.1, -0.05) is 17.3 Å². The second-order valence-electron chi connectivity index (χ2n) is 3.33. The van der Waals surface area contributed by atoms with Crippen LogP contribution in [0.1, 0.15) is 10.4 Å². The maximum Gasteiger partial charge on any atom is 0.256 e. The molecule has 88 valence electrons. The van der Waals surface area contributed by atoms with Gasteiger partial charge in [-0.3, -0.25) is 4.79 Å². The Hall–Kier alpha value is -2.50. The molecule has 0 atom stereocenters. The largest absolute Gasteiger partial charge is 0.496 e. The summed E-state index contributed by atoms with van der Waals surface area (Å²) in [6.07, 6.45) is 0. The summed E-state index contributed by atoms with van der Waals surface area (Å²) in [6, 6.07) is 7.07. The summed E-state index contributed by atoms with van der Waals surface area (Å²) in [6.45, 7) is 0. The lowest BCUT2D eigenvalue weighted by atomic mass is 10.1. The van der Waals surface area contributed by atoms with Gasteiger partial charge in [-0.15, -0.1) is 0 Å². The lowest BCUT2D eigenvalue weighted by Crippen LogP contribution is -2.13. The molecule has 1 amide bonds. The number of primary amides is 1. The van der Waals surface area contributed by atoms with Gasteiger partial charge < -0.3 is 20.7 Å². The van der Waals surface area contributed by atoms with E-state index >= 15 is 0 Å². The monoisotopic (exact) mass is 233 g/mol. The van der Waals surface area contributed by atoms with Gasteiger partial charge in [0.15, 0.2) is 0 Å². The standard InChI is InChI=1S/C11H11N3O3/c1-16-7-5-3-2-4-6(7)9-8(10(12)15)11(13)17-14-9/h2-5H,13H2,1H3,(H2,12,15). The van der Waals surface area contributed by atoms with Crippen LogP contribution in [0.15, 0.2) is 28.8 Å². The fourth-order valence-corrected chi connectivity index (χ4v) is 1.57. The quantitative estimate of drug-likeness (QED) is 0.823. The highest BCUT2D eigenvalue weighted by Crippen LogP contribution is 2.33. The first-order valence-electron chi connectivity index (χ1n) is 4.83. The van der Waals surface area contributed by atoms with Crippen molar-refractivity contribution in [3.8, 4) is 17.0 Å². The molecule has 6 heteroatoms. The molecule has 17 heavy (non-hydrogen) atoms. The minimum Gasteiger partial charge on any atom is -0.496 e. The molecule has 0 aliphatic carbocycles. The van der Waals surface area contributed by atoms with E-state index in [1.165, 1.54) is 7.11 Å². The Kier molecular flexibility index (Phi) is 2.70. The highest BCUT2D eigenvalue weighted by Gasteiger charge is 2.22. The smallest absolute Gasteiger partial charge is 0.256 e. The van der Waals surface area contributed by atoms with Crippen molar-refractivity contribution in [2.24, 2.45) is 5.73 Å². The first-order chi connectivity index (χ1) is 8.15. The number of nitrogen functional groups attached to an aromatic ring is 1. The van der Waals surface area contributed by atoms with Crippen molar-refractivity contribution in [2.45, 2.75) is 0 Å². The van der Waals surface area contributed by atoms with Gasteiger partial charge in [-0.05, 0) is 12.1 Å². The number of para-hydroxylation sites is 1. The number of hydrogen-bond acceptors (Lipinski definition) is 5. The number of benzene rings is 1. The molecule has 0 fully saturated rings. The van der Waals surface area contributed by atoms with Gasteiger partial charge in [0.2, 0.25) is 5.88 Å². The van der Waals surface area contributed by atoms with Crippen LogP contribution in [-0.4, -0.2) is 18.2 Å². The topological polar surface area (TPSA) is 104 Å². The second-order valence-corrected chi connectivity index (χ2v) is 3.33. The van der Waals surface area contributed by atoms with Crippen LogP contribution in [0.2, 0.25) is 0 Å². The second kappa shape index (κ2) is 4.17. The van der Waals surface area contributed by atoms with Crippen LogP contribution in [0.5, 0.6) is 5.75 Å². The Morgan fingerprint density at radius 1 is 1.41 bits per heavy atom. The number of nitrogens with two attached hydrogens (primary N) is 2. The number of carbonyl (C=O) groups is 1. The van der Waals surface area contributed by atoms with Crippen LogP contribution in [-0.2, 0) is 0 Å². The van der Waals surface area contributed by atoms with E-state index in [0.717, 1.165) is 0 Å². The van der Waals surface area contributed by atoms with Crippen LogP contribution >= 0.6 is 0 Å². The lowest BCUT2D eigenvalue weighted by Gasteiger charge is -2.05. The number of methoxy groups -OCH3 is 1. The molecule has 0 spiro atoms. The molecule has 0 aliphatic heterocycles. The molecule has 1 heterocycles. The molecule has 0 saturated carbocycles. The highest BCUT2D eigenvalue weighted by molar-refractivity contribution is 6.03. The van der Waals surface area contributed by atoms with Crippen molar-refractivity contribution >= 4 is 11.8 Å². The zero-order valence-corrected chi connectivity index (χ0v) is 9.14. The number of amides is 1. The number of aromatic nitrogens is 1. The Morgan fingerprint density at radius 2 is 2.12 bits per heavy atom. The molecule has 4 N–H and O–H groups in total. The number of carbonyl (C=O) groups excluding carboxylic acids is 1. The highest BCUT2D eigenvalue weighted by atomic mass is 16.5. The SMILES string of the molecule is COc1ccccc1-c1noc(N)c1C(N)=O. The number of rotatable bonds is 3. The Balaban J connectivity index is 2.65. The summed E-state index contributed by atoms with van der Waals surface area (Å²) >= 11 is 0. The third kappa shape index (κ3) is 1.80. The third-order valence-corrected chi connectivity index (χ3v) is 2.33. The molecule has 0 bridgehead atoms. The summed E-state index contributed by atoms with van der Waals surface area (Å²) in [5.41, 5.74) is 11.7. The van der Waals surface area contributed by atoms with E-state index in [-0.39, 0.29) is 17.1 Å². The average molecular weight is 233 g/mol. The van der Waals surface area contributed by atoms with Crippen molar-refractivity contribution in [1.82, 2.24) is 5.16 Å². The molecule has 2 aromatic rings. The number of hydrogen-bond donors (Lipinski definition) is 2. The van der Waals surface area contributed by atoms with E-state index in [1.54, 1.807) is 24.3 Å². The lowest BCUT2D eigenvalue weighted by molar-refractivity contribution is 0.100. The van der Waals surface area contributed by atoms with Crippen molar-refractivity contribution in [3.05, 3.63) is 29.8 Å². The van der Waals surface area contributed by atoms with Crippen LogP contribution < -0.4 is 16.2 Å². The minimum absolute atomic E-state index is 0.0644. The van der Waals surface area contributed by atoms with Gasteiger partial charge in [0.05, 0.1) is 7.11 Å². The zero-order valence-electron chi connectivity index (χ0n) is 9.14. The van der Waals surface area contributed by atoms with E-state index < -0.39 is 5.91 Å². The normalized spacial score (nSPS) is 10.2. The number of ether oxygens (including phenoxy) is 1. The molecule has 2 rings (SSSR count). The van der Waals surface area contributed by atoms with E-state index in [0.29, 0.717) is 11.3 Å². The van der Waals surface area contributed by atoms with E-state index in [2.05, 4.69) is 5.16 Å². The maximum atomic E-state index is 11.3. The molecule has 0 saturated heterocycles. The van der Waals surface area contributed by atoms with E-state index in [4.69, 9.17) is 20.7 Å². The van der Waals surface area contributed by atoms with Crippen LogP contribution in [0.25, 0.3) is 11.3 Å². The molecule has 0 unspecified atom stereocenters. The zero-order chi connectivity index (χ0) is 12.4. The Labute approximate surface area is 97.1 Å². The molecule has 0 radical (unpaired) electrons. The van der Waals surface area contributed by atoms with Gasteiger partial charge in [0.25, 0.3) is 5.91 Å². The predicted molar refractivity (Wildman–Crippen MR) is 61.4 cm³/mol. The van der Waals surface area contributed by atoms with E-state index in [9.17, 15) is 4.79 Å². The van der Waals surface area contributed by atoms with Gasteiger partial charge in [-0.25, -0.2) is 0 Å². The summed E-state index contributed by atoms with van der Waals surface area (Å²) in [5.74, 6) is -0.230. The maximum absolute atomic E-state index is 11.3. The molecular weight excluding hydrogens is 222 g/mol. The summed E-state index contributed by atoms with van der Waals surface area (Å²) in [5, 5.41) is 3.74. The van der Waals surface area contributed by atoms with Crippen molar-refractivity contribution in [2.75, 3.05) is 12.8 Å². The minimum atomic E-state index is -0.690. The van der Waals surface area contributed by atoms with Gasteiger partial charge in [0.1, 0.15) is 17.0 Å². The summed E-state index contributed by atoms with van der Waals surface area (Å²) in [4.78, 5) is 11.3. The van der Waals surface area contributed by atoms with Crippen LogP contribution in [0.3, 0.4) is 0 Å². The van der Waals surface area contributed by atoms with Crippen LogP contribution in [0.4, 0.5) is 5.88 Å². The van der Waals surface area contributed by atoms with Gasteiger partial charge in [-0.2, -0.15) is 0 Å². The first kappa shape index (κ1) is 11.0. The van der Waals surface area contributed by atoms with E-state index in [1.807, 2.05) is 0 Å². The van der Waals surface area contributed by atoms with Gasteiger partial charge in [0, 0.05) is 5.56 Å². The van der Waals surface area contributed by atoms with Crippen LogP contribution in [0, 0.1) is 0 Å². The van der Waals surface area contributed by atoms with Crippen molar-refractivity contribution in [1.29, 1.82) is 0 Å². The summed E-state index contributed by atoms with van der Waals surface area (Å²) in [7, 11) is 1.52. The fraction of sp³-hybridized carbons (Fsp3) is 0.0909. The third-order valence-electron chi connectivity index (χ3n) is 2.33. The van der Waals surface area contributed by atoms with Gasteiger partial charge >= 0.3 is 0 Å². The molecule has 1 aromatic carbocycles. The molecule has 0 aliphatic rings. The average Bonchev–Trinajstić information content (AvgIpc) is 2.71. The fourth-order valence-electron chi connectivity index (χ4n) is 1.57. The Morgan fingerprint density at radius 3 is 2.76 bits per heavy atom. The molecule has 1 aromatic heterocycles. The predicted octanol–water partition coefficient (Wildman–Crippen LogP) is 1.03. The van der Waals surface area contributed by atoms with Crippen molar-refractivity contribution < 1.29 is 14.1 Å².